The van der Waals surface area contributed by atoms with E-state index >= 15 is 0 Å². The first-order chi connectivity index (χ1) is 7.49. The number of rotatable bonds is 7. The molecule has 0 saturated heterocycles. The maximum atomic E-state index is 11.6. The minimum absolute atomic E-state index is 0.139. The number of nitrogens with one attached hydrogen (secondary N) is 1. The van der Waals surface area contributed by atoms with Gasteiger partial charge in [0.15, 0.2) is 0 Å². The van der Waals surface area contributed by atoms with E-state index in [1.165, 1.54) is 0 Å². The average molecular weight is 227 g/mol. The molecule has 16 heavy (non-hydrogen) atoms. The Morgan fingerprint density at radius 2 is 2.12 bits per heavy atom. The summed E-state index contributed by atoms with van der Waals surface area (Å²) >= 11 is 0. The molecule has 1 saturated carbocycles. The molecule has 0 heterocycles. The van der Waals surface area contributed by atoms with Gasteiger partial charge in [-0.05, 0) is 31.1 Å². The van der Waals surface area contributed by atoms with Crippen LogP contribution in [0.15, 0.2) is 0 Å². The van der Waals surface area contributed by atoms with E-state index in [0.717, 1.165) is 19.3 Å². The maximum absolute atomic E-state index is 11.6. The maximum Gasteiger partial charge on any atom is 0.303 e. The second-order valence-electron chi connectivity index (χ2n) is 4.91. The van der Waals surface area contributed by atoms with Crippen LogP contribution in [0.2, 0.25) is 0 Å². The third-order valence-electron chi connectivity index (χ3n) is 3.59. The summed E-state index contributed by atoms with van der Waals surface area (Å²) in [6.45, 7) is 4.85. The molecular weight excluding hydrogens is 206 g/mol. The molecule has 4 heteroatoms. The number of carbonyl (C=O) groups is 2. The standard InChI is InChI=1S/C12H21NO3/c1-3-12(2)8-9(12)11(16)13-7-5-4-6-10(14)15/h9H,3-8H2,1-2H3,(H,13,16)(H,14,15). The molecule has 1 rings (SSSR count). The van der Waals surface area contributed by atoms with Gasteiger partial charge in [-0.3, -0.25) is 9.59 Å². The topological polar surface area (TPSA) is 66.4 Å². The van der Waals surface area contributed by atoms with Crippen molar-refractivity contribution in [2.75, 3.05) is 6.54 Å². The molecule has 2 atom stereocenters. The second-order valence-corrected chi connectivity index (χ2v) is 4.91. The number of carbonyl (C=O) groups excluding carboxylic acids is 1. The molecule has 0 spiro atoms. The van der Waals surface area contributed by atoms with Crippen molar-refractivity contribution in [2.45, 2.75) is 46.0 Å². The van der Waals surface area contributed by atoms with Crippen LogP contribution in [0, 0.1) is 11.3 Å². The molecule has 1 amide bonds. The zero-order chi connectivity index (χ0) is 12.2. The van der Waals surface area contributed by atoms with Crippen LogP contribution < -0.4 is 5.32 Å². The summed E-state index contributed by atoms with van der Waals surface area (Å²) in [5, 5.41) is 11.3. The van der Waals surface area contributed by atoms with Crippen molar-refractivity contribution in [3.8, 4) is 0 Å². The predicted molar refractivity (Wildman–Crippen MR) is 61.0 cm³/mol. The summed E-state index contributed by atoms with van der Waals surface area (Å²) in [4.78, 5) is 21.9. The largest absolute Gasteiger partial charge is 0.481 e. The van der Waals surface area contributed by atoms with Crippen LogP contribution in [0.4, 0.5) is 0 Å². The fourth-order valence-electron chi connectivity index (χ4n) is 1.94. The fraction of sp³-hybridized carbons (Fsp3) is 0.833. The van der Waals surface area contributed by atoms with Gasteiger partial charge in [0.2, 0.25) is 5.91 Å². The lowest BCUT2D eigenvalue weighted by molar-refractivity contribution is -0.137. The Hall–Kier alpha value is -1.06. The van der Waals surface area contributed by atoms with Crippen molar-refractivity contribution in [3.63, 3.8) is 0 Å². The average Bonchev–Trinajstić information content (AvgIpc) is 2.91. The van der Waals surface area contributed by atoms with E-state index in [4.69, 9.17) is 5.11 Å². The molecule has 0 aromatic carbocycles. The van der Waals surface area contributed by atoms with Crippen LogP contribution in [0.3, 0.4) is 0 Å². The van der Waals surface area contributed by atoms with E-state index < -0.39 is 5.97 Å². The van der Waals surface area contributed by atoms with Crippen LogP contribution in [0.1, 0.15) is 46.0 Å². The Kier molecular flexibility index (Phi) is 4.33. The number of hydrogen-bond acceptors (Lipinski definition) is 2. The van der Waals surface area contributed by atoms with E-state index in [0.29, 0.717) is 13.0 Å². The lowest BCUT2D eigenvalue weighted by Gasteiger charge is -2.08. The molecule has 92 valence electrons. The van der Waals surface area contributed by atoms with Crippen molar-refractivity contribution >= 4 is 11.9 Å². The van der Waals surface area contributed by atoms with Gasteiger partial charge in [-0.1, -0.05) is 13.8 Å². The third kappa shape index (κ3) is 3.51. The molecular formula is C12H21NO3. The number of amides is 1. The van der Waals surface area contributed by atoms with Crippen LogP contribution in [-0.2, 0) is 9.59 Å². The normalized spacial score (nSPS) is 27.5. The number of aliphatic carboxylic acids is 1. The van der Waals surface area contributed by atoms with Gasteiger partial charge in [0, 0.05) is 18.9 Å². The highest BCUT2D eigenvalue weighted by Crippen LogP contribution is 2.54. The quantitative estimate of drug-likeness (QED) is 0.652. The first-order valence-electron chi connectivity index (χ1n) is 5.99. The molecule has 2 unspecified atom stereocenters. The summed E-state index contributed by atoms with van der Waals surface area (Å²) in [6.07, 6.45) is 3.60. The van der Waals surface area contributed by atoms with Crippen molar-refractivity contribution < 1.29 is 14.7 Å². The van der Waals surface area contributed by atoms with Crippen LogP contribution in [-0.4, -0.2) is 23.5 Å². The van der Waals surface area contributed by atoms with Crippen molar-refractivity contribution in [3.05, 3.63) is 0 Å². The van der Waals surface area contributed by atoms with Crippen molar-refractivity contribution in [1.82, 2.24) is 5.32 Å². The van der Waals surface area contributed by atoms with Gasteiger partial charge in [-0.25, -0.2) is 0 Å². The van der Waals surface area contributed by atoms with Gasteiger partial charge in [0.1, 0.15) is 0 Å². The molecule has 0 aliphatic heterocycles. The fourth-order valence-corrected chi connectivity index (χ4v) is 1.94. The lowest BCUT2D eigenvalue weighted by atomic mass is 10.0. The minimum atomic E-state index is -0.771. The highest BCUT2D eigenvalue weighted by Gasteiger charge is 2.52. The van der Waals surface area contributed by atoms with Gasteiger partial charge in [0.25, 0.3) is 0 Å². The molecule has 0 radical (unpaired) electrons. The summed E-state index contributed by atoms with van der Waals surface area (Å²) in [7, 11) is 0. The van der Waals surface area contributed by atoms with Gasteiger partial charge >= 0.3 is 5.97 Å². The molecule has 0 aromatic heterocycles. The Labute approximate surface area is 96.4 Å². The highest BCUT2D eigenvalue weighted by molar-refractivity contribution is 5.82. The van der Waals surface area contributed by atoms with E-state index in [2.05, 4.69) is 19.2 Å². The zero-order valence-electron chi connectivity index (χ0n) is 10.1. The Bertz CT molecular complexity index is 277. The number of unbranched alkanes of at least 4 members (excludes halogenated alkanes) is 1. The van der Waals surface area contributed by atoms with Crippen LogP contribution >= 0.6 is 0 Å². The van der Waals surface area contributed by atoms with Gasteiger partial charge in [-0.2, -0.15) is 0 Å². The molecule has 1 fully saturated rings. The summed E-state index contributed by atoms with van der Waals surface area (Å²) in [5.74, 6) is -0.455. The monoisotopic (exact) mass is 227 g/mol. The van der Waals surface area contributed by atoms with E-state index in [1.54, 1.807) is 0 Å². The van der Waals surface area contributed by atoms with Crippen LogP contribution in [0.25, 0.3) is 0 Å². The third-order valence-corrected chi connectivity index (χ3v) is 3.59. The molecule has 1 aliphatic rings. The molecule has 0 aromatic rings. The summed E-state index contributed by atoms with van der Waals surface area (Å²) in [6, 6.07) is 0. The highest BCUT2D eigenvalue weighted by atomic mass is 16.4. The first kappa shape index (κ1) is 13.0. The van der Waals surface area contributed by atoms with Crippen molar-refractivity contribution in [2.24, 2.45) is 11.3 Å². The smallest absolute Gasteiger partial charge is 0.303 e. The summed E-state index contributed by atoms with van der Waals surface area (Å²) in [5.41, 5.74) is 0.213. The Morgan fingerprint density at radius 3 is 2.62 bits per heavy atom. The molecule has 4 nitrogen and oxygen atoms in total. The van der Waals surface area contributed by atoms with Crippen molar-refractivity contribution in [1.29, 1.82) is 0 Å². The predicted octanol–water partition coefficient (Wildman–Crippen LogP) is 1.79. The Balaban J connectivity index is 2.06. The SMILES string of the molecule is CCC1(C)CC1C(=O)NCCCCC(=O)O. The number of carboxylic acids is 1. The lowest BCUT2D eigenvalue weighted by Crippen LogP contribution is -2.27. The Morgan fingerprint density at radius 1 is 1.44 bits per heavy atom. The molecule has 0 bridgehead atoms. The zero-order valence-corrected chi connectivity index (χ0v) is 10.1. The molecule has 2 N–H and O–H groups in total. The number of carboxylic acid groups (broad SMARTS) is 1. The minimum Gasteiger partial charge on any atom is -0.481 e. The molecule has 1 aliphatic carbocycles. The number of hydrogen-bond donors (Lipinski definition) is 2. The van der Waals surface area contributed by atoms with Crippen LogP contribution in [0.5, 0.6) is 0 Å². The first-order valence-corrected chi connectivity index (χ1v) is 5.99. The van der Waals surface area contributed by atoms with E-state index in [-0.39, 0.29) is 23.7 Å². The van der Waals surface area contributed by atoms with E-state index in [9.17, 15) is 9.59 Å². The van der Waals surface area contributed by atoms with Gasteiger partial charge in [-0.15, -0.1) is 0 Å². The second kappa shape index (κ2) is 5.32. The van der Waals surface area contributed by atoms with E-state index in [1.807, 2.05) is 0 Å². The summed E-state index contributed by atoms with van der Waals surface area (Å²) < 4.78 is 0. The van der Waals surface area contributed by atoms with Gasteiger partial charge in [0.05, 0.1) is 0 Å². The van der Waals surface area contributed by atoms with Gasteiger partial charge < -0.3 is 10.4 Å².